The molecule has 1 N–H and O–H groups in total. The van der Waals surface area contributed by atoms with Crippen LogP contribution in [-0.4, -0.2) is 29.6 Å². The summed E-state index contributed by atoms with van der Waals surface area (Å²) in [6.07, 6.45) is 4.24. The molecule has 1 saturated heterocycles. The fraction of sp³-hybridized carbons (Fsp3) is 0.733. The average molecular weight is 260 g/mol. The van der Waals surface area contributed by atoms with Crippen molar-refractivity contribution in [3.63, 3.8) is 0 Å². The van der Waals surface area contributed by atoms with Crippen LogP contribution < -0.4 is 10.2 Å². The molecule has 1 aliphatic carbocycles. The Morgan fingerprint density at radius 3 is 2.47 bits per heavy atom. The molecule has 0 radical (unpaired) electrons. The third kappa shape index (κ3) is 2.28. The van der Waals surface area contributed by atoms with E-state index < -0.39 is 0 Å². The molecule has 1 saturated carbocycles. The summed E-state index contributed by atoms with van der Waals surface area (Å²) in [6, 6.07) is 0. The second-order valence-corrected chi connectivity index (χ2v) is 5.95. The van der Waals surface area contributed by atoms with Crippen molar-refractivity contribution in [2.24, 2.45) is 11.8 Å². The molecule has 4 nitrogen and oxygen atoms in total. The SMILES string of the molecule is CCNc1nc(C)nc(N2CC3CCCC3C2)c1C. The van der Waals surface area contributed by atoms with Crippen LogP contribution in [0.5, 0.6) is 0 Å². The van der Waals surface area contributed by atoms with E-state index >= 15 is 0 Å². The Hall–Kier alpha value is -1.32. The van der Waals surface area contributed by atoms with Crippen LogP contribution in [0.25, 0.3) is 0 Å². The minimum absolute atomic E-state index is 0.869. The first-order valence-electron chi connectivity index (χ1n) is 7.53. The van der Waals surface area contributed by atoms with Gasteiger partial charge in [0.05, 0.1) is 0 Å². The minimum atomic E-state index is 0.869. The monoisotopic (exact) mass is 260 g/mol. The van der Waals surface area contributed by atoms with Crippen molar-refractivity contribution in [3.05, 3.63) is 11.4 Å². The maximum Gasteiger partial charge on any atom is 0.137 e. The van der Waals surface area contributed by atoms with Gasteiger partial charge in [-0.25, -0.2) is 9.97 Å². The van der Waals surface area contributed by atoms with Crippen molar-refractivity contribution in [2.45, 2.75) is 40.0 Å². The van der Waals surface area contributed by atoms with E-state index in [1.54, 1.807) is 0 Å². The Balaban J connectivity index is 1.88. The van der Waals surface area contributed by atoms with Gasteiger partial charge in [-0.1, -0.05) is 6.42 Å². The first-order chi connectivity index (χ1) is 9.19. The summed E-state index contributed by atoms with van der Waals surface area (Å²) in [6.45, 7) is 9.52. The van der Waals surface area contributed by atoms with Gasteiger partial charge in [-0.2, -0.15) is 0 Å². The Morgan fingerprint density at radius 1 is 1.16 bits per heavy atom. The van der Waals surface area contributed by atoms with E-state index in [9.17, 15) is 0 Å². The summed E-state index contributed by atoms with van der Waals surface area (Å²) < 4.78 is 0. The molecule has 1 aromatic heterocycles. The third-order valence-electron chi connectivity index (χ3n) is 4.60. The number of aromatic nitrogens is 2. The van der Waals surface area contributed by atoms with Crippen molar-refractivity contribution in [2.75, 3.05) is 29.9 Å². The average Bonchev–Trinajstić information content (AvgIpc) is 2.94. The highest BCUT2D eigenvalue weighted by Gasteiger charge is 2.37. The van der Waals surface area contributed by atoms with Gasteiger partial charge in [-0.3, -0.25) is 0 Å². The van der Waals surface area contributed by atoms with Gasteiger partial charge in [-0.05, 0) is 45.4 Å². The molecule has 0 amide bonds. The van der Waals surface area contributed by atoms with E-state index in [1.165, 1.54) is 37.9 Å². The zero-order valence-corrected chi connectivity index (χ0v) is 12.2. The van der Waals surface area contributed by atoms with E-state index in [-0.39, 0.29) is 0 Å². The van der Waals surface area contributed by atoms with Crippen LogP contribution in [0.3, 0.4) is 0 Å². The molecule has 2 aliphatic rings. The lowest BCUT2D eigenvalue weighted by Crippen LogP contribution is -2.24. The molecule has 2 fully saturated rings. The van der Waals surface area contributed by atoms with Gasteiger partial charge in [-0.15, -0.1) is 0 Å². The Kier molecular flexibility index (Phi) is 3.33. The van der Waals surface area contributed by atoms with Crippen molar-refractivity contribution >= 4 is 11.6 Å². The number of fused-ring (bicyclic) bond motifs is 1. The lowest BCUT2D eigenvalue weighted by molar-refractivity contribution is 0.494. The van der Waals surface area contributed by atoms with Crippen molar-refractivity contribution in [3.8, 4) is 0 Å². The summed E-state index contributed by atoms with van der Waals surface area (Å²) >= 11 is 0. The second kappa shape index (κ2) is 4.99. The first kappa shape index (κ1) is 12.7. The molecule has 0 bridgehead atoms. The van der Waals surface area contributed by atoms with Crippen LogP contribution in [0, 0.1) is 25.7 Å². The van der Waals surface area contributed by atoms with E-state index in [0.29, 0.717) is 0 Å². The highest BCUT2D eigenvalue weighted by molar-refractivity contribution is 5.59. The molecule has 2 heterocycles. The smallest absolute Gasteiger partial charge is 0.137 e. The van der Waals surface area contributed by atoms with Gasteiger partial charge in [0, 0.05) is 25.2 Å². The van der Waals surface area contributed by atoms with E-state index in [2.05, 4.69) is 29.0 Å². The molecule has 1 aliphatic heterocycles. The predicted octanol–water partition coefficient (Wildman–Crippen LogP) is 2.76. The molecule has 0 aromatic carbocycles. The fourth-order valence-corrected chi connectivity index (χ4v) is 3.67. The zero-order valence-electron chi connectivity index (χ0n) is 12.2. The molecule has 4 heteroatoms. The van der Waals surface area contributed by atoms with Crippen LogP contribution in [0.2, 0.25) is 0 Å². The maximum absolute atomic E-state index is 4.70. The van der Waals surface area contributed by atoms with Crippen LogP contribution in [0.4, 0.5) is 11.6 Å². The van der Waals surface area contributed by atoms with Gasteiger partial charge < -0.3 is 10.2 Å². The van der Waals surface area contributed by atoms with Gasteiger partial charge in [0.1, 0.15) is 17.5 Å². The van der Waals surface area contributed by atoms with Gasteiger partial charge in [0.25, 0.3) is 0 Å². The van der Waals surface area contributed by atoms with Crippen LogP contribution in [-0.2, 0) is 0 Å². The van der Waals surface area contributed by atoms with Crippen molar-refractivity contribution < 1.29 is 0 Å². The molecule has 2 atom stereocenters. The third-order valence-corrected chi connectivity index (χ3v) is 4.60. The lowest BCUT2D eigenvalue weighted by Gasteiger charge is -2.22. The molecule has 3 rings (SSSR count). The topological polar surface area (TPSA) is 41.1 Å². The summed E-state index contributed by atoms with van der Waals surface area (Å²) in [5.74, 6) is 4.82. The summed E-state index contributed by atoms with van der Waals surface area (Å²) in [5.41, 5.74) is 1.20. The normalized spacial score (nSPS) is 25.7. The van der Waals surface area contributed by atoms with Crippen LogP contribution in [0.15, 0.2) is 0 Å². The number of anilines is 2. The minimum Gasteiger partial charge on any atom is -0.370 e. The first-order valence-corrected chi connectivity index (χ1v) is 7.53. The summed E-state index contributed by atoms with van der Waals surface area (Å²) in [4.78, 5) is 11.7. The molecule has 2 unspecified atom stereocenters. The van der Waals surface area contributed by atoms with Crippen molar-refractivity contribution in [1.29, 1.82) is 0 Å². The number of hydrogen-bond donors (Lipinski definition) is 1. The summed E-state index contributed by atoms with van der Waals surface area (Å²) in [7, 11) is 0. The highest BCUT2D eigenvalue weighted by atomic mass is 15.2. The highest BCUT2D eigenvalue weighted by Crippen LogP contribution is 2.40. The zero-order chi connectivity index (χ0) is 13.4. The molecular formula is C15H24N4. The van der Waals surface area contributed by atoms with Crippen LogP contribution >= 0.6 is 0 Å². The van der Waals surface area contributed by atoms with Crippen molar-refractivity contribution in [1.82, 2.24) is 9.97 Å². The molecule has 19 heavy (non-hydrogen) atoms. The van der Waals surface area contributed by atoms with Gasteiger partial charge >= 0.3 is 0 Å². The lowest BCUT2D eigenvalue weighted by atomic mass is 10.0. The largest absolute Gasteiger partial charge is 0.370 e. The molecule has 0 spiro atoms. The number of nitrogens with zero attached hydrogens (tertiary/aromatic N) is 3. The fourth-order valence-electron chi connectivity index (χ4n) is 3.67. The number of rotatable bonds is 3. The molecule has 104 valence electrons. The molecule has 1 aromatic rings. The van der Waals surface area contributed by atoms with E-state index in [1.807, 2.05) is 6.92 Å². The number of hydrogen-bond acceptors (Lipinski definition) is 4. The maximum atomic E-state index is 4.70. The standard InChI is InChI=1S/C15H24N4/c1-4-16-14-10(2)15(18-11(3)17-14)19-8-12-6-5-7-13(12)9-19/h12-13H,4-9H2,1-3H3,(H,16,17,18). The number of nitrogens with one attached hydrogen (secondary N) is 1. The Bertz CT molecular complexity index is 459. The Morgan fingerprint density at radius 2 is 1.84 bits per heavy atom. The van der Waals surface area contributed by atoms with E-state index in [4.69, 9.17) is 4.98 Å². The number of aryl methyl sites for hydroxylation is 1. The van der Waals surface area contributed by atoms with E-state index in [0.717, 1.165) is 35.8 Å². The van der Waals surface area contributed by atoms with Gasteiger partial charge in [0.15, 0.2) is 0 Å². The van der Waals surface area contributed by atoms with Crippen LogP contribution in [0.1, 0.15) is 37.6 Å². The molecular weight excluding hydrogens is 236 g/mol. The second-order valence-electron chi connectivity index (χ2n) is 5.95. The summed E-state index contributed by atoms with van der Waals surface area (Å²) in [5, 5.41) is 3.35. The Labute approximate surface area is 115 Å². The predicted molar refractivity (Wildman–Crippen MR) is 78.7 cm³/mol. The quantitative estimate of drug-likeness (QED) is 0.907. The van der Waals surface area contributed by atoms with Gasteiger partial charge in [0.2, 0.25) is 0 Å².